The number of hydrogen-bond donors (Lipinski definition) is 0. The van der Waals surface area contributed by atoms with Gasteiger partial charge in [0.1, 0.15) is 5.75 Å². The second-order valence-corrected chi connectivity index (χ2v) is 4.40. The molecule has 1 aliphatic rings. The highest BCUT2D eigenvalue weighted by atomic mass is 79.9. The van der Waals surface area contributed by atoms with E-state index in [0.717, 1.165) is 15.8 Å². The molecule has 82 valence electrons. The van der Waals surface area contributed by atoms with E-state index in [1.165, 1.54) is 0 Å². The second kappa shape index (κ2) is 4.12. The fraction of sp³-hybridized carbons (Fsp3) is 0.455. The number of hydrogen-bond acceptors (Lipinski definition) is 3. The maximum absolute atomic E-state index is 5.60. The predicted molar refractivity (Wildman–Crippen MR) is 60.0 cm³/mol. The Morgan fingerprint density at radius 1 is 1.33 bits per heavy atom. The summed E-state index contributed by atoms with van der Waals surface area (Å²) in [5, 5.41) is 0. The van der Waals surface area contributed by atoms with Crippen LogP contribution in [-0.4, -0.2) is 20.3 Å². The Labute approximate surface area is 97.5 Å². The number of benzene rings is 1. The van der Waals surface area contributed by atoms with Gasteiger partial charge in [-0.05, 0) is 25.1 Å². The lowest BCUT2D eigenvalue weighted by molar-refractivity contribution is -0.150. The van der Waals surface area contributed by atoms with Crippen LogP contribution in [0.15, 0.2) is 22.7 Å². The molecule has 1 aromatic rings. The Balaban J connectivity index is 2.44. The molecule has 1 saturated heterocycles. The summed E-state index contributed by atoms with van der Waals surface area (Å²) >= 11 is 3.43. The summed E-state index contributed by atoms with van der Waals surface area (Å²) in [6.07, 6.45) is 0. The summed E-state index contributed by atoms with van der Waals surface area (Å²) in [6.45, 7) is 3.14. The summed E-state index contributed by atoms with van der Waals surface area (Å²) in [7, 11) is 1.64. The third-order valence-electron chi connectivity index (χ3n) is 2.49. The molecule has 0 unspecified atom stereocenters. The molecule has 0 atom stereocenters. The summed E-state index contributed by atoms with van der Waals surface area (Å²) in [5.41, 5.74) is 0.914. The quantitative estimate of drug-likeness (QED) is 0.829. The average Bonchev–Trinajstić information content (AvgIpc) is 2.66. The minimum absolute atomic E-state index is 0.617. The van der Waals surface area contributed by atoms with Gasteiger partial charge >= 0.3 is 0 Å². The maximum Gasteiger partial charge on any atom is 0.195 e. The van der Waals surface area contributed by atoms with E-state index in [4.69, 9.17) is 14.2 Å². The van der Waals surface area contributed by atoms with Gasteiger partial charge in [0.2, 0.25) is 0 Å². The Morgan fingerprint density at radius 3 is 2.60 bits per heavy atom. The Bertz CT molecular complexity index is 359. The van der Waals surface area contributed by atoms with Crippen LogP contribution in [0.1, 0.15) is 12.5 Å². The van der Waals surface area contributed by atoms with Crippen molar-refractivity contribution in [2.75, 3.05) is 20.3 Å². The molecule has 4 heteroatoms. The first-order chi connectivity index (χ1) is 7.15. The van der Waals surface area contributed by atoms with E-state index in [0.29, 0.717) is 13.2 Å². The van der Waals surface area contributed by atoms with Crippen molar-refractivity contribution in [3.05, 3.63) is 28.2 Å². The second-order valence-electron chi connectivity index (χ2n) is 3.49. The summed E-state index contributed by atoms with van der Waals surface area (Å²) < 4.78 is 17.5. The highest BCUT2D eigenvalue weighted by Crippen LogP contribution is 2.38. The summed E-state index contributed by atoms with van der Waals surface area (Å²) in [5.74, 6) is 0.0948. The molecular formula is C11H13BrO3. The lowest BCUT2D eigenvalue weighted by Gasteiger charge is -2.24. The molecule has 0 spiro atoms. The van der Waals surface area contributed by atoms with Gasteiger partial charge in [-0.25, -0.2) is 0 Å². The predicted octanol–water partition coefficient (Wildman–Crippen LogP) is 2.68. The number of ether oxygens (including phenoxy) is 3. The van der Waals surface area contributed by atoms with Crippen LogP contribution in [-0.2, 0) is 15.3 Å². The Kier molecular flexibility index (Phi) is 3.00. The van der Waals surface area contributed by atoms with Crippen LogP contribution in [0.5, 0.6) is 5.75 Å². The van der Waals surface area contributed by atoms with E-state index in [2.05, 4.69) is 15.9 Å². The monoisotopic (exact) mass is 272 g/mol. The van der Waals surface area contributed by atoms with Gasteiger partial charge in [-0.3, -0.25) is 0 Å². The molecule has 0 saturated carbocycles. The minimum Gasteiger partial charge on any atom is -0.496 e. The molecule has 0 aliphatic carbocycles. The van der Waals surface area contributed by atoms with Crippen LogP contribution in [0.2, 0.25) is 0 Å². The maximum atomic E-state index is 5.60. The SMILES string of the molecule is COc1ccc(Br)cc1C1(C)OCCO1. The largest absolute Gasteiger partial charge is 0.496 e. The Hall–Kier alpha value is -0.580. The van der Waals surface area contributed by atoms with Crippen LogP contribution in [0, 0.1) is 0 Å². The van der Waals surface area contributed by atoms with E-state index in [1.807, 2.05) is 25.1 Å². The van der Waals surface area contributed by atoms with Crippen molar-refractivity contribution in [2.24, 2.45) is 0 Å². The first kappa shape index (κ1) is 10.9. The molecule has 0 bridgehead atoms. The smallest absolute Gasteiger partial charge is 0.195 e. The molecule has 2 rings (SSSR count). The van der Waals surface area contributed by atoms with Gasteiger partial charge < -0.3 is 14.2 Å². The third kappa shape index (κ3) is 2.02. The number of methoxy groups -OCH3 is 1. The van der Waals surface area contributed by atoms with Crippen LogP contribution in [0.4, 0.5) is 0 Å². The first-order valence-electron chi connectivity index (χ1n) is 4.77. The molecule has 1 fully saturated rings. The van der Waals surface area contributed by atoms with Crippen LogP contribution >= 0.6 is 15.9 Å². The van der Waals surface area contributed by atoms with Crippen molar-refractivity contribution in [1.29, 1.82) is 0 Å². The molecule has 0 N–H and O–H groups in total. The standard InChI is InChI=1S/C11H13BrO3/c1-11(14-5-6-15-11)9-7-8(12)3-4-10(9)13-2/h3-4,7H,5-6H2,1-2H3. The van der Waals surface area contributed by atoms with Gasteiger partial charge in [-0.15, -0.1) is 0 Å². The van der Waals surface area contributed by atoms with Gasteiger partial charge in [-0.2, -0.15) is 0 Å². The van der Waals surface area contributed by atoms with E-state index in [1.54, 1.807) is 7.11 Å². The summed E-state index contributed by atoms with van der Waals surface area (Å²) in [6, 6.07) is 5.79. The van der Waals surface area contributed by atoms with Crippen molar-refractivity contribution in [3.8, 4) is 5.75 Å². The van der Waals surface area contributed by atoms with Gasteiger partial charge in [-0.1, -0.05) is 15.9 Å². The van der Waals surface area contributed by atoms with Crippen LogP contribution < -0.4 is 4.74 Å². The molecule has 0 amide bonds. The minimum atomic E-state index is -0.685. The van der Waals surface area contributed by atoms with Gasteiger partial charge in [0.25, 0.3) is 0 Å². The highest BCUT2D eigenvalue weighted by molar-refractivity contribution is 9.10. The topological polar surface area (TPSA) is 27.7 Å². The molecule has 0 aromatic heterocycles. The zero-order valence-corrected chi connectivity index (χ0v) is 10.3. The van der Waals surface area contributed by atoms with E-state index >= 15 is 0 Å². The highest BCUT2D eigenvalue weighted by Gasteiger charge is 2.35. The van der Waals surface area contributed by atoms with Gasteiger partial charge in [0.05, 0.1) is 25.9 Å². The van der Waals surface area contributed by atoms with Crippen molar-refractivity contribution >= 4 is 15.9 Å². The Morgan fingerprint density at radius 2 is 2.00 bits per heavy atom. The van der Waals surface area contributed by atoms with Crippen LogP contribution in [0.25, 0.3) is 0 Å². The molecule has 1 heterocycles. The molecule has 0 radical (unpaired) electrons. The van der Waals surface area contributed by atoms with Crippen LogP contribution in [0.3, 0.4) is 0 Å². The van der Waals surface area contributed by atoms with Crippen molar-refractivity contribution < 1.29 is 14.2 Å². The van der Waals surface area contributed by atoms with Gasteiger partial charge in [0, 0.05) is 4.47 Å². The van der Waals surface area contributed by atoms with Crippen molar-refractivity contribution in [1.82, 2.24) is 0 Å². The third-order valence-corrected chi connectivity index (χ3v) is 2.98. The summed E-state index contributed by atoms with van der Waals surface area (Å²) in [4.78, 5) is 0. The lowest BCUT2D eigenvalue weighted by Crippen LogP contribution is -2.23. The van der Waals surface area contributed by atoms with E-state index < -0.39 is 5.79 Å². The van der Waals surface area contributed by atoms with E-state index in [9.17, 15) is 0 Å². The molecular weight excluding hydrogens is 260 g/mol. The average molecular weight is 273 g/mol. The normalized spacial score (nSPS) is 19.1. The molecule has 1 aliphatic heterocycles. The van der Waals surface area contributed by atoms with Crippen molar-refractivity contribution in [3.63, 3.8) is 0 Å². The van der Waals surface area contributed by atoms with Crippen molar-refractivity contribution in [2.45, 2.75) is 12.7 Å². The molecule has 3 nitrogen and oxygen atoms in total. The fourth-order valence-corrected chi connectivity index (χ4v) is 2.07. The molecule has 15 heavy (non-hydrogen) atoms. The fourth-order valence-electron chi connectivity index (χ4n) is 1.71. The lowest BCUT2D eigenvalue weighted by atomic mass is 10.1. The first-order valence-corrected chi connectivity index (χ1v) is 5.57. The zero-order valence-electron chi connectivity index (χ0n) is 8.75. The molecule has 1 aromatic carbocycles. The number of halogens is 1. The van der Waals surface area contributed by atoms with E-state index in [-0.39, 0.29) is 0 Å². The number of rotatable bonds is 2. The zero-order chi connectivity index (χ0) is 10.9. The van der Waals surface area contributed by atoms with Gasteiger partial charge in [0.15, 0.2) is 5.79 Å².